The van der Waals surface area contributed by atoms with Crippen LogP contribution in [0, 0.1) is 22.7 Å². The van der Waals surface area contributed by atoms with Gasteiger partial charge in [0.2, 0.25) is 0 Å². The van der Waals surface area contributed by atoms with Gasteiger partial charge in [-0.2, -0.15) is 0 Å². The van der Waals surface area contributed by atoms with Crippen LogP contribution in [0.15, 0.2) is 0 Å². The summed E-state index contributed by atoms with van der Waals surface area (Å²) in [6, 6.07) is 0. The molecule has 3 atom stereocenters. The highest BCUT2D eigenvalue weighted by atomic mass is 16.3. The van der Waals surface area contributed by atoms with E-state index in [1.165, 1.54) is 6.42 Å². The number of aliphatic hydroxyl groups is 1. The second-order valence-corrected chi connectivity index (χ2v) is 5.69. The van der Waals surface area contributed by atoms with Gasteiger partial charge >= 0.3 is 0 Å². The smallest absolute Gasteiger partial charge is 0.0599 e. The summed E-state index contributed by atoms with van der Waals surface area (Å²) in [4.78, 5) is 0. The molecule has 70 valence electrons. The number of rotatable bonds is 1. The van der Waals surface area contributed by atoms with Crippen LogP contribution in [0.25, 0.3) is 0 Å². The van der Waals surface area contributed by atoms with E-state index in [0.29, 0.717) is 5.41 Å². The summed E-state index contributed by atoms with van der Waals surface area (Å²) in [6.45, 7) is 9.04. The molecule has 0 spiro atoms. The summed E-state index contributed by atoms with van der Waals surface area (Å²) >= 11 is 0. The van der Waals surface area contributed by atoms with Gasteiger partial charge in [0.05, 0.1) is 6.10 Å². The van der Waals surface area contributed by atoms with Gasteiger partial charge in [0, 0.05) is 0 Å². The Hall–Kier alpha value is -0.0400. The van der Waals surface area contributed by atoms with Gasteiger partial charge in [0.15, 0.2) is 0 Å². The van der Waals surface area contributed by atoms with Crippen molar-refractivity contribution in [3.05, 3.63) is 0 Å². The topological polar surface area (TPSA) is 20.2 Å². The van der Waals surface area contributed by atoms with Gasteiger partial charge < -0.3 is 5.11 Å². The lowest BCUT2D eigenvalue weighted by molar-refractivity contribution is 0.0545. The van der Waals surface area contributed by atoms with Crippen molar-refractivity contribution < 1.29 is 5.11 Å². The van der Waals surface area contributed by atoms with Crippen molar-refractivity contribution in [2.45, 2.75) is 46.6 Å². The highest BCUT2D eigenvalue weighted by Gasteiger charge is 2.69. The summed E-state index contributed by atoms with van der Waals surface area (Å²) in [5.74, 6) is 1.54. The van der Waals surface area contributed by atoms with E-state index in [9.17, 15) is 5.11 Å². The molecule has 2 aliphatic carbocycles. The molecular weight excluding hydrogens is 148 g/mol. The minimum Gasteiger partial charge on any atom is -0.393 e. The third-order valence-electron chi connectivity index (χ3n) is 4.60. The first-order valence-corrected chi connectivity index (χ1v) is 5.09. The first-order chi connectivity index (χ1) is 5.41. The highest BCUT2D eigenvalue weighted by Crippen LogP contribution is 2.73. The van der Waals surface area contributed by atoms with Crippen LogP contribution in [0.5, 0.6) is 0 Å². The van der Waals surface area contributed by atoms with Crippen LogP contribution in [0.4, 0.5) is 0 Å². The Morgan fingerprint density at radius 3 is 2.08 bits per heavy atom. The molecule has 0 heterocycles. The minimum absolute atomic E-state index is 0.0568. The summed E-state index contributed by atoms with van der Waals surface area (Å²) in [5, 5.41) is 9.87. The predicted octanol–water partition coefficient (Wildman–Crippen LogP) is 2.44. The van der Waals surface area contributed by atoms with Gasteiger partial charge in [-0.1, -0.05) is 27.7 Å². The Morgan fingerprint density at radius 1 is 1.25 bits per heavy atom. The molecule has 2 rings (SSSR count). The maximum Gasteiger partial charge on any atom is 0.0599 e. The molecule has 0 aliphatic heterocycles. The molecule has 0 bridgehead atoms. The van der Waals surface area contributed by atoms with Crippen LogP contribution in [-0.2, 0) is 0 Å². The summed E-state index contributed by atoms with van der Waals surface area (Å²) in [6.07, 6.45) is 2.34. The maximum atomic E-state index is 9.87. The average molecular weight is 168 g/mol. The van der Waals surface area contributed by atoms with Gasteiger partial charge in [-0.25, -0.2) is 0 Å². The Bertz CT molecular complexity index is 207. The Labute approximate surface area is 75.2 Å². The molecule has 1 nitrogen and oxygen atoms in total. The second-order valence-electron chi connectivity index (χ2n) is 5.69. The van der Waals surface area contributed by atoms with Crippen LogP contribution in [0.2, 0.25) is 0 Å². The van der Waals surface area contributed by atoms with E-state index in [1.54, 1.807) is 0 Å². The highest BCUT2D eigenvalue weighted by molar-refractivity contribution is 5.18. The molecule has 2 fully saturated rings. The Kier molecular flexibility index (Phi) is 1.47. The van der Waals surface area contributed by atoms with E-state index in [4.69, 9.17) is 0 Å². The quantitative estimate of drug-likeness (QED) is 0.637. The van der Waals surface area contributed by atoms with Crippen molar-refractivity contribution >= 4 is 0 Å². The number of hydrogen-bond donors (Lipinski definition) is 1. The number of fused-ring (bicyclic) bond motifs is 1. The van der Waals surface area contributed by atoms with E-state index in [0.717, 1.165) is 18.3 Å². The van der Waals surface area contributed by atoms with E-state index < -0.39 is 0 Å². The Balaban J connectivity index is 2.22. The molecule has 0 saturated heterocycles. The van der Waals surface area contributed by atoms with E-state index in [-0.39, 0.29) is 11.5 Å². The molecule has 3 unspecified atom stereocenters. The summed E-state index contributed by atoms with van der Waals surface area (Å²) in [5.41, 5.74) is 0.702. The van der Waals surface area contributed by atoms with Gasteiger partial charge in [-0.15, -0.1) is 0 Å². The normalized spacial score (nSPS) is 49.5. The standard InChI is InChI=1S/C11H20O/c1-7(2)11-5-8(11)10(3,4)9(12)6-11/h7-9,12H,5-6H2,1-4H3. The molecule has 2 saturated carbocycles. The average Bonchev–Trinajstić information content (AvgIpc) is 2.59. The molecule has 0 radical (unpaired) electrons. The largest absolute Gasteiger partial charge is 0.393 e. The van der Waals surface area contributed by atoms with Gasteiger partial charge in [-0.05, 0) is 35.5 Å². The molecule has 1 N–H and O–H groups in total. The zero-order valence-electron chi connectivity index (χ0n) is 8.59. The fourth-order valence-electron chi connectivity index (χ4n) is 3.28. The van der Waals surface area contributed by atoms with Gasteiger partial charge in [-0.3, -0.25) is 0 Å². The van der Waals surface area contributed by atoms with Crippen molar-refractivity contribution in [3.8, 4) is 0 Å². The van der Waals surface area contributed by atoms with Crippen LogP contribution >= 0.6 is 0 Å². The molecule has 0 amide bonds. The predicted molar refractivity (Wildman–Crippen MR) is 49.8 cm³/mol. The van der Waals surface area contributed by atoms with E-state index in [1.807, 2.05) is 0 Å². The molecule has 0 aromatic rings. The monoisotopic (exact) mass is 168 g/mol. The second kappa shape index (κ2) is 2.06. The van der Waals surface area contributed by atoms with Crippen LogP contribution in [0.3, 0.4) is 0 Å². The molecule has 12 heavy (non-hydrogen) atoms. The summed E-state index contributed by atoms with van der Waals surface area (Å²) in [7, 11) is 0. The van der Waals surface area contributed by atoms with Gasteiger partial charge in [0.1, 0.15) is 0 Å². The SMILES string of the molecule is CC(C)C12CC(O)C(C)(C)C1C2. The maximum absolute atomic E-state index is 9.87. The van der Waals surface area contributed by atoms with Crippen LogP contribution < -0.4 is 0 Å². The first kappa shape index (κ1) is 8.55. The molecule has 0 aromatic heterocycles. The lowest BCUT2D eigenvalue weighted by atomic mass is 9.85. The molecule has 0 aromatic carbocycles. The zero-order chi connectivity index (χ0) is 9.15. The third kappa shape index (κ3) is 0.783. The first-order valence-electron chi connectivity index (χ1n) is 5.09. The van der Waals surface area contributed by atoms with Crippen LogP contribution in [0.1, 0.15) is 40.5 Å². The lowest BCUT2D eigenvalue weighted by Crippen LogP contribution is -2.26. The van der Waals surface area contributed by atoms with Crippen molar-refractivity contribution in [1.82, 2.24) is 0 Å². The zero-order valence-corrected chi connectivity index (χ0v) is 8.59. The van der Waals surface area contributed by atoms with Crippen molar-refractivity contribution in [1.29, 1.82) is 0 Å². The molecular formula is C11H20O. The lowest BCUT2D eigenvalue weighted by Gasteiger charge is -2.25. The summed E-state index contributed by atoms with van der Waals surface area (Å²) < 4.78 is 0. The Morgan fingerprint density at radius 2 is 1.83 bits per heavy atom. The van der Waals surface area contributed by atoms with E-state index in [2.05, 4.69) is 27.7 Å². The van der Waals surface area contributed by atoms with Crippen molar-refractivity contribution in [2.24, 2.45) is 22.7 Å². The molecule has 1 heteroatoms. The van der Waals surface area contributed by atoms with Crippen molar-refractivity contribution in [3.63, 3.8) is 0 Å². The van der Waals surface area contributed by atoms with E-state index >= 15 is 0 Å². The van der Waals surface area contributed by atoms with Gasteiger partial charge in [0.25, 0.3) is 0 Å². The van der Waals surface area contributed by atoms with Crippen molar-refractivity contribution in [2.75, 3.05) is 0 Å². The fraction of sp³-hybridized carbons (Fsp3) is 1.00. The fourth-order valence-corrected chi connectivity index (χ4v) is 3.28. The number of aliphatic hydroxyl groups excluding tert-OH is 1. The number of hydrogen-bond acceptors (Lipinski definition) is 1. The third-order valence-corrected chi connectivity index (χ3v) is 4.60. The minimum atomic E-state index is -0.0568. The molecule has 2 aliphatic rings. The van der Waals surface area contributed by atoms with Crippen LogP contribution in [-0.4, -0.2) is 11.2 Å².